The van der Waals surface area contributed by atoms with Crippen molar-refractivity contribution in [3.63, 3.8) is 0 Å². The van der Waals surface area contributed by atoms with Crippen LogP contribution in [0, 0.1) is 13.8 Å². The van der Waals surface area contributed by atoms with Gasteiger partial charge in [-0.1, -0.05) is 31.2 Å². The molecule has 196 valence electrons. The third kappa shape index (κ3) is 6.37. The van der Waals surface area contributed by atoms with E-state index in [1.807, 2.05) is 56.5 Å². The normalized spacial score (nSPS) is 14.5. The molecule has 1 aliphatic rings. The Bertz CT molecular complexity index is 1310. The summed E-state index contributed by atoms with van der Waals surface area (Å²) in [7, 11) is 0. The minimum absolute atomic E-state index is 0.0522. The van der Waals surface area contributed by atoms with Crippen LogP contribution in [0.5, 0.6) is 0 Å². The van der Waals surface area contributed by atoms with Gasteiger partial charge in [0, 0.05) is 55.6 Å². The minimum atomic E-state index is -0.525. The van der Waals surface area contributed by atoms with E-state index < -0.39 is 5.60 Å². The number of carbonyl (C=O) groups is 2. The van der Waals surface area contributed by atoms with Crippen LogP contribution < -0.4 is 0 Å². The van der Waals surface area contributed by atoms with E-state index in [4.69, 9.17) is 14.8 Å². The highest BCUT2D eigenvalue weighted by Crippen LogP contribution is 2.21. The fourth-order valence-corrected chi connectivity index (χ4v) is 4.53. The number of hydrogen-bond donors (Lipinski definition) is 0. The Labute approximate surface area is 218 Å². The Balaban J connectivity index is 1.37. The van der Waals surface area contributed by atoms with Gasteiger partial charge in [-0.05, 0) is 64.3 Å². The lowest BCUT2D eigenvalue weighted by atomic mass is 10.0. The second-order valence-corrected chi connectivity index (χ2v) is 10.6. The highest BCUT2D eigenvalue weighted by Gasteiger charge is 2.27. The molecule has 0 radical (unpaired) electrons. The molecule has 8 nitrogen and oxygen atoms in total. The first-order valence-corrected chi connectivity index (χ1v) is 12.9. The zero-order valence-corrected chi connectivity index (χ0v) is 22.7. The molecular weight excluding hydrogens is 466 g/mol. The maximum atomic E-state index is 12.7. The number of piperazine rings is 1. The Morgan fingerprint density at radius 3 is 2.30 bits per heavy atom. The van der Waals surface area contributed by atoms with E-state index in [-0.39, 0.29) is 12.0 Å². The number of fused-ring (bicyclic) bond motifs is 1. The van der Waals surface area contributed by atoms with Crippen molar-refractivity contribution >= 4 is 23.7 Å². The number of aryl methyl sites for hydroxylation is 3. The van der Waals surface area contributed by atoms with Gasteiger partial charge in [0.25, 0.3) is 0 Å². The molecule has 37 heavy (non-hydrogen) atoms. The summed E-state index contributed by atoms with van der Waals surface area (Å²) in [6, 6.07) is 10.3. The van der Waals surface area contributed by atoms with E-state index in [9.17, 15) is 9.59 Å². The van der Waals surface area contributed by atoms with E-state index in [1.54, 1.807) is 15.9 Å². The van der Waals surface area contributed by atoms with Crippen LogP contribution in [-0.2, 0) is 22.4 Å². The molecule has 0 spiro atoms. The summed E-state index contributed by atoms with van der Waals surface area (Å²) >= 11 is 0. The molecule has 1 aromatic carbocycles. The molecule has 0 aliphatic carbocycles. The van der Waals surface area contributed by atoms with E-state index >= 15 is 0 Å². The standard InChI is InChI=1S/C29H37N5O3/c1-7-25-24(27-30-20(2)18-21(3)34(27)31-25)19-23-10-8-22(9-11-23)12-13-26(35)32-14-16-33(17-15-32)28(36)37-29(4,5)6/h8-13,18H,7,14-17,19H2,1-6H3/b13-12+. The van der Waals surface area contributed by atoms with Crippen molar-refractivity contribution in [1.29, 1.82) is 0 Å². The molecule has 0 bridgehead atoms. The van der Waals surface area contributed by atoms with Crippen molar-refractivity contribution < 1.29 is 14.3 Å². The Morgan fingerprint density at radius 2 is 1.68 bits per heavy atom. The van der Waals surface area contributed by atoms with E-state index in [1.165, 1.54) is 11.1 Å². The fraction of sp³-hybridized carbons (Fsp3) is 0.448. The first kappa shape index (κ1) is 26.4. The summed E-state index contributed by atoms with van der Waals surface area (Å²) in [5.74, 6) is -0.0522. The molecular formula is C29H37N5O3. The number of ether oxygens (including phenoxy) is 1. The van der Waals surface area contributed by atoms with Crippen LogP contribution >= 0.6 is 0 Å². The van der Waals surface area contributed by atoms with Crippen molar-refractivity contribution in [2.75, 3.05) is 26.2 Å². The first-order valence-electron chi connectivity index (χ1n) is 12.9. The van der Waals surface area contributed by atoms with Crippen LogP contribution in [-0.4, -0.2) is 68.2 Å². The molecule has 2 amide bonds. The average Bonchev–Trinajstić information content (AvgIpc) is 3.20. The SMILES string of the molecule is CCc1nn2c(C)cc(C)nc2c1Cc1ccc(/C=C/C(=O)N2CCN(C(=O)OC(C)(C)C)CC2)cc1. The van der Waals surface area contributed by atoms with Gasteiger partial charge in [-0.3, -0.25) is 4.79 Å². The van der Waals surface area contributed by atoms with Gasteiger partial charge in [-0.25, -0.2) is 14.3 Å². The first-order chi connectivity index (χ1) is 17.5. The molecule has 0 unspecified atom stereocenters. The van der Waals surface area contributed by atoms with Gasteiger partial charge in [-0.15, -0.1) is 0 Å². The number of hydrogen-bond acceptors (Lipinski definition) is 5. The van der Waals surface area contributed by atoms with Crippen LogP contribution in [0.15, 0.2) is 36.4 Å². The highest BCUT2D eigenvalue weighted by molar-refractivity contribution is 5.92. The van der Waals surface area contributed by atoms with Gasteiger partial charge >= 0.3 is 6.09 Å². The molecule has 1 aliphatic heterocycles. The molecule has 3 aromatic rings. The van der Waals surface area contributed by atoms with Gasteiger partial charge in [-0.2, -0.15) is 5.10 Å². The molecule has 8 heteroatoms. The quantitative estimate of drug-likeness (QED) is 0.476. The van der Waals surface area contributed by atoms with Gasteiger partial charge in [0.1, 0.15) is 5.60 Å². The summed E-state index contributed by atoms with van der Waals surface area (Å²) in [5.41, 5.74) is 6.85. The van der Waals surface area contributed by atoms with Crippen molar-refractivity contribution in [1.82, 2.24) is 24.4 Å². The molecule has 4 rings (SSSR count). The lowest BCUT2D eigenvalue weighted by Crippen LogP contribution is -2.51. The molecule has 0 saturated carbocycles. The number of amides is 2. The largest absolute Gasteiger partial charge is 0.444 e. The van der Waals surface area contributed by atoms with Crippen molar-refractivity contribution in [2.45, 2.75) is 60.0 Å². The average molecular weight is 504 g/mol. The van der Waals surface area contributed by atoms with Gasteiger partial charge in [0.05, 0.1) is 5.69 Å². The van der Waals surface area contributed by atoms with Gasteiger partial charge in [0.2, 0.25) is 5.91 Å². The third-order valence-electron chi connectivity index (χ3n) is 6.43. The lowest BCUT2D eigenvalue weighted by molar-refractivity contribution is -0.127. The zero-order chi connectivity index (χ0) is 26.7. The third-order valence-corrected chi connectivity index (χ3v) is 6.43. The number of benzene rings is 1. The fourth-order valence-electron chi connectivity index (χ4n) is 4.53. The Morgan fingerprint density at radius 1 is 1.03 bits per heavy atom. The second kappa shape index (κ2) is 10.7. The molecule has 0 N–H and O–H groups in total. The van der Waals surface area contributed by atoms with Crippen LogP contribution in [0.4, 0.5) is 4.79 Å². The summed E-state index contributed by atoms with van der Waals surface area (Å²) in [6.07, 6.45) is 4.73. The monoisotopic (exact) mass is 503 g/mol. The van der Waals surface area contributed by atoms with Crippen LogP contribution in [0.1, 0.15) is 61.5 Å². The van der Waals surface area contributed by atoms with E-state index in [0.29, 0.717) is 26.2 Å². The smallest absolute Gasteiger partial charge is 0.410 e. The maximum Gasteiger partial charge on any atom is 0.410 e. The number of aromatic nitrogens is 3. The van der Waals surface area contributed by atoms with Gasteiger partial charge in [0.15, 0.2) is 5.65 Å². The predicted molar refractivity (Wildman–Crippen MR) is 145 cm³/mol. The predicted octanol–water partition coefficient (Wildman–Crippen LogP) is 4.59. The van der Waals surface area contributed by atoms with Crippen LogP contribution in [0.3, 0.4) is 0 Å². The molecule has 1 fully saturated rings. The van der Waals surface area contributed by atoms with Crippen LogP contribution in [0.25, 0.3) is 11.7 Å². The van der Waals surface area contributed by atoms with Crippen molar-refractivity contribution in [3.8, 4) is 0 Å². The Kier molecular flexibility index (Phi) is 7.66. The zero-order valence-electron chi connectivity index (χ0n) is 22.7. The summed E-state index contributed by atoms with van der Waals surface area (Å²) in [6.45, 7) is 13.7. The molecule has 3 heterocycles. The van der Waals surface area contributed by atoms with E-state index in [2.05, 4.69) is 26.0 Å². The second-order valence-electron chi connectivity index (χ2n) is 10.6. The summed E-state index contributed by atoms with van der Waals surface area (Å²) in [4.78, 5) is 33.1. The number of carbonyl (C=O) groups excluding carboxylic acids is 2. The molecule has 2 aromatic heterocycles. The molecule has 1 saturated heterocycles. The minimum Gasteiger partial charge on any atom is -0.444 e. The maximum absolute atomic E-state index is 12.7. The molecule has 0 atom stereocenters. The van der Waals surface area contributed by atoms with Gasteiger partial charge < -0.3 is 14.5 Å². The highest BCUT2D eigenvalue weighted by atomic mass is 16.6. The lowest BCUT2D eigenvalue weighted by Gasteiger charge is -2.35. The van der Waals surface area contributed by atoms with Crippen molar-refractivity contribution in [2.24, 2.45) is 0 Å². The number of nitrogens with zero attached hydrogens (tertiary/aromatic N) is 5. The van der Waals surface area contributed by atoms with Crippen LogP contribution in [0.2, 0.25) is 0 Å². The van der Waals surface area contributed by atoms with Crippen molar-refractivity contribution in [3.05, 3.63) is 70.2 Å². The van der Waals surface area contributed by atoms with E-state index in [0.717, 1.165) is 41.1 Å². The summed E-state index contributed by atoms with van der Waals surface area (Å²) in [5, 5.41) is 4.78. The number of rotatable bonds is 5. The Hall–Kier alpha value is -3.68. The summed E-state index contributed by atoms with van der Waals surface area (Å²) < 4.78 is 7.37. The topological polar surface area (TPSA) is 80.0 Å².